The van der Waals surface area contributed by atoms with E-state index in [1.165, 1.54) is 19.2 Å². The lowest BCUT2D eigenvalue weighted by molar-refractivity contribution is 0.0583. The van der Waals surface area contributed by atoms with E-state index in [0.717, 1.165) is 11.6 Å². The Hall–Kier alpha value is -1.63. The largest absolute Gasteiger partial charge is 0.496 e. The van der Waals surface area contributed by atoms with Crippen LogP contribution in [0.5, 0.6) is 5.75 Å². The summed E-state index contributed by atoms with van der Waals surface area (Å²) < 4.78 is 31.5. The van der Waals surface area contributed by atoms with E-state index in [1.807, 2.05) is 13.8 Å². The summed E-state index contributed by atoms with van der Waals surface area (Å²) in [7, 11) is 1.31. The van der Waals surface area contributed by atoms with Crippen molar-refractivity contribution in [3.05, 3.63) is 29.3 Å². The molecule has 0 N–H and O–H groups in total. The maximum Gasteiger partial charge on any atom is 0.360 e. The summed E-state index contributed by atoms with van der Waals surface area (Å²) >= 11 is 0. The molecule has 0 aromatic heterocycles. The first-order chi connectivity index (χ1) is 7.42. The fourth-order valence-corrected chi connectivity index (χ4v) is 1.39. The molecule has 1 aromatic carbocycles. The van der Waals surface area contributed by atoms with Gasteiger partial charge in [-0.25, -0.2) is 0 Å². The molecule has 0 saturated carbocycles. The summed E-state index contributed by atoms with van der Waals surface area (Å²) in [6.07, 6.45) is 0. The molecule has 0 spiro atoms. The van der Waals surface area contributed by atoms with Crippen LogP contribution in [0, 0.1) is 11.3 Å². The Labute approximate surface area is 93.5 Å². The van der Waals surface area contributed by atoms with Gasteiger partial charge in [-0.15, -0.1) is 0 Å². The van der Waals surface area contributed by atoms with Crippen LogP contribution in [0.25, 0.3) is 0 Å². The van der Waals surface area contributed by atoms with Gasteiger partial charge in [-0.05, 0) is 23.6 Å². The van der Waals surface area contributed by atoms with E-state index in [1.54, 1.807) is 6.07 Å². The third-order valence-electron chi connectivity index (χ3n) is 2.37. The molecule has 0 aliphatic rings. The predicted octanol–water partition coefficient (Wildman–Crippen LogP) is 3.43. The Morgan fingerprint density at radius 1 is 1.38 bits per heavy atom. The fourth-order valence-electron chi connectivity index (χ4n) is 1.39. The number of benzene rings is 1. The topological polar surface area (TPSA) is 33.0 Å². The summed E-state index contributed by atoms with van der Waals surface area (Å²) in [6, 6.07) is 5.50. The average molecular weight is 225 g/mol. The van der Waals surface area contributed by atoms with Gasteiger partial charge >= 0.3 is 5.92 Å². The van der Waals surface area contributed by atoms with Gasteiger partial charge in [-0.2, -0.15) is 14.0 Å². The summed E-state index contributed by atoms with van der Waals surface area (Å²) in [5, 5.41) is 8.44. The van der Waals surface area contributed by atoms with Crippen LogP contribution in [0.1, 0.15) is 30.9 Å². The lowest BCUT2D eigenvalue weighted by atomic mass is 9.98. The maximum absolute atomic E-state index is 13.3. The number of hydrogen-bond donors (Lipinski definition) is 0. The van der Waals surface area contributed by atoms with Gasteiger partial charge in [0.25, 0.3) is 0 Å². The van der Waals surface area contributed by atoms with E-state index in [0.29, 0.717) is 0 Å². The first kappa shape index (κ1) is 12.4. The lowest BCUT2D eigenvalue weighted by Gasteiger charge is -2.15. The summed E-state index contributed by atoms with van der Waals surface area (Å²) in [4.78, 5) is 0. The second kappa shape index (κ2) is 4.48. The molecule has 0 radical (unpaired) electrons. The van der Waals surface area contributed by atoms with Crippen LogP contribution in [0.4, 0.5) is 8.78 Å². The third-order valence-corrected chi connectivity index (χ3v) is 2.37. The Morgan fingerprint density at radius 2 is 2.00 bits per heavy atom. The Kier molecular flexibility index (Phi) is 3.48. The second-order valence-electron chi connectivity index (χ2n) is 3.80. The normalized spacial score (nSPS) is 11.3. The van der Waals surface area contributed by atoms with Gasteiger partial charge in [0.1, 0.15) is 11.8 Å². The number of methoxy groups -OCH3 is 1. The molecule has 1 aromatic rings. The standard InChI is InChI=1S/C12H13F2NO/c1-8(2)9-4-5-11(16-3)10(6-9)12(13,14)7-15/h4-6,8H,1-3H3. The number of ether oxygens (including phenoxy) is 1. The van der Waals surface area contributed by atoms with E-state index in [9.17, 15) is 8.78 Å². The lowest BCUT2D eigenvalue weighted by Crippen LogP contribution is -2.12. The monoisotopic (exact) mass is 225 g/mol. The van der Waals surface area contributed by atoms with E-state index < -0.39 is 5.92 Å². The van der Waals surface area contributed by atoms with Gasteiger partial charge in [0, 0.05) is 0 Å². The first-order valence-corrected chi connectivity index (χ1v) is 4.90. The second-order valence-corrected chi connectivity index (χ2v) is 3.80. The van der Waals surface area contributed by atoms with Crippen LogP contribution in [-0.4, -0.2) is 7.11 Å². The number of halogens is 2. The van der Waals surface area contributed by atoms with Crippen LogP contribution >= 0.6 is 0 Å². The van der Waals surface area contributed by atoms with Gasteiger partial charge in [0.05, 0.1) is 12.7 Å². The van der Waals surface area contributed by atoms with Crippen LogP contribution in [0.15, 0.2) is 18.2 Å². The van der Waals surface area contributed by atoms with Gasteiger partial charge < -0.3 is 4.74 Å². The van der Waals surface area contributed by atoms with E-state index in [4.69, 9.17) is 10.00 Å². The highest BCUT2D eigenvalue weighted by Gasteiger charge is 2.35. The van der Waals surface area contributed by atoms with Gasteiger partial charge in [0.15, 0.2) is 0 Å². The number of hydrogen-bond acceptors (Lipinski definition) is 2. The minimum absolute atomic E-state index is 0.0379. The van der Waals surface area contributed by atoms with Gasteiger partial charge in [-0.3, -0.25) is 0 Å². The Balaban J connectivity index is 3.34. The molecule has 0 fully saturated rings. The molecule has 0 atom stereocenters. The van der Waals surface area contributed by atoms with Crippen molar-refractivity contribution in [1.29, 1.82) is 5.26 Å². The minimum Gasteiger partial charge on any atom is -0.496 e. The molecule has 0 amide bonds. The number of nitrogens with zero attached hydrogens (tertiary/aromatic N) is 1. The van der Waals surface area contributed by atoms with Crippen molar-refractivity contribution >= 4 is 0 Å². The highest BCUT2D eigenvalue weighted by molar-refractivity contribution is 5.43. The quantitative estimate of drug-likeness (QED) is 0.789. The summed E-state index contributed by atoms with van der Waals surface area (Å²) in [5.74, 6) is -3.36. The highest BCUT2D eigenvalue weighted by Crippen LogP contribution is 2.36. The van der Waals surface area contributed by atoms with Crippen molar-refractivity contribution in [3.8, 4) is 11.8 Å². The molecule has 0 aliphatic carbocycles. The molecule has 86 valence electrons. The smallest absolute Gasteiger partial charge is 0.360 e. The molecule has 1 rings (SSSR count). The van der Waals surface area contributed by atoms with Gasteiger partial charge in [-0.1, -0.05) is 19.9 Å². The first-order valence-electron chi connectivity index (χ1n) is 4.90. The number of alkyl halides is 2. The van der Waals surface area contributed by atoms with Crippen LogP contribution in [0.3, 0.4) is 0 Å². The van der Waals surface area contributed by atoms with Crippen molar-refractivity contribution in [2.24, 2.45) is 0 Å². The van der Waals surface area contributed by atoms with Crippen molar-refractivity contribution < 1.29 is 13.5 Å². The highest BCUT2D eigenvalue weighted by atomic mass is 19.3. The van der Waals surface area contributed by atoms with E-state index in [-0.39, 0.29) is 17.2 Å². The Bertz CT molecular complexity index is 422. The SMILES string of the molecule is COc1ccc(C(C)C)cc1C(F)(F)C#N. The van der Waals surface area contributed by atoms with Gasteiger partial charge in [0.2, 0.25) is 0 Å². The van der Waals surface area contributed by atoms with Crippen molar-refractivity contribution in [1.82, 2.24) is 0 Å². The molecule has 16 heavy (non-hydrogen) atoms. The molecule has 0 unspecified atom stereocenters. The zero-order valence-corrected chi connectivity index (χ0v) is 9.42. The molecule has 0 saturated heterocycles. The maximum atomic E-state index is 13.3. The summed E-state index contributed by atoms with van der Waals surface area (Å²) in [5.41, 5.74) is 0.384. The zero-order chi connectivity index (χ0) is 12.3. The number of rotatable bonds is 3. The summed E-state index contributed by atoms with van der Waals surface area (Å²) in [6.45, 7) is 3.80. The molecule has 4 heteroatoms. The molecular formula is C12H13F2NO. The minimum atomic E-state index is -3.52. The Morgan fingerprint density at radius 3 is 2.44 bits per heavy atom. The van der Waals surface area contributed by atoms with Crippen molar-refractivity contribution in [3.63, 3.8) is 0 Å². The number of nitriles is 1. The average Bonchev–Trinajstić information content (AvgIpc) is 2.28. The molecule has 0 bridgehead atoms. The molecule has 0 aliphatic heterocycles. The van der Waals surface area contributed by atoms with Crippen LogP contribution < -0.4 is 4.74 Å². The third kappa shape index (κ3) is 2.30. The zero-order valence-electron chi connectivity index (χ0n) is 9.42. The molecule has 0 heterocycles. The molecular weight excluding hydrogens is 212 g/mol. The molecule has 2 nitrogen and oxygen atoms in total. The predicted molar refractivity (Wildman–Crippen MR) is 56.6 cm³/mol. The van der Waals surface area contributed by atoms with Crippen LogP contribution in [0.2, 0.25) is 0 Å². The van der Waals surface area contributed by atoms with E-state index in [2.05, 4.69) is 0 Å². The van der Waals surface area contributed by atoms with Crippen LogP contribution in [-0.2, 0) is 5.92 Å². The van der Waals surface area contributed by atoms with Crippen molar-refractivity contribution in [2.45, 2.75) is 25.7 Å². The van der Waals surface area contributed by atoms with Crippen molar-refractivity contribution in [2.75, 3.05) is 7.11 Å². The van der Waals surface area contributed by atoms with E-state index >= 15 is 0 Å². The fraction of sp³-hybridized carbons (Fsp3) is 0.417.